The fraction of sp³-hybridized carbons (Fsp3) is 0.316. The van der Waals surface area contributed by atoms with Gasteiger partial charge in [0.25, 0.3) is 0 Å². The molecule has 0 aliphatic carbocycles. The molecule has 25 heavy (non-hydrogen) atoms. The predicted molar refractivity (Wildman–Crippen MR) is 92.6 cm³/mol. The first-order valence-electron chi connectivity index (χ1n) is 8.12. The predicted octanol–water partition coefficient (Wildman–Crippen LogP) is 3.91. The maximum Gasteiger partial charge on any atom is 0.414 e. The van der Waals surface area contributed by atoms with Crippen molar-refractivity contribution in [2.24, 2.45) is 0 Å². The molecule has 2 aromatic carbocycles. The topological polar surface area (TPSA) is 32.8 Å². The molecule has 0 N–H and O–H groups in total. The zero-order valence-corrected chi connectivity index (χ0v) is 14.2. The van der Waals surface area contributed by atoms with Crippen LogP contribution in [-0.2, 0) is 4.74 Å². The maximum atomic E-state index is 13.6. The van der Waals surface area contributed by atoms with Gasteiger partial charge in [-0.25, -0.2) is 13.6 Å². The van der Waals surface area contributed by atoms with E-state index in [4.69, 9.17) is 4.74 Å². The molecule has 4 nitrogen and oxygen atoms in total. The Labute approximate surface area is 145 Å². The number of ether oxygens (including phenoxy) is 1. The van der Waals surface area contributed by atoms with Crippen LogP contribution in [0.5, 0.6) is 0 Å². The Kier molecular flexibility index (Phi) is 4.99. The van der Waals surface area contributed by atoms with Gasteiger partial charge in [0, 0.05) is 31.8 Å². The van der Waals surface area contributed by atoms with Gasteiger partial charge in [-0.3, -0.25) is 4.90 Å². The highest BCUT2D eigenvalue weighted by molar-refractivity contribution is 5.93. The van der Waals surface area contributed by atoms with Gasteiger partial charge in [0.05, 0.1) is 5.69 Å². The lowest BCUT2D eigenvalue weighted by Gasteiger charge is -2.22. The van der Waals surface area contributed by atoms with Crippen LogP contribution in [0.2, 0.25) is 0 Å². The smallest absolute Gasteiger partial charge is 0.414 e. The van der Waals surface area contributed by atoms with E-state index in [1.165, 1.54) is 17.0 Å². The van der Waals surface area contributed by atoms with E-state index in [1.807, 2.05) is 7.05 Å². The Bertz CT molecular complexity index is 762. The number of amides is 1. The zero-order chi connectivity index (χ0) is 18.0. The van der Waals surface area contributed by atoms with Crippen molar-refractivity contribution >= 4 is 11.8 Å². The van der Waals surface area contributed by atoms with Crippen LogP contribution in [0, 0.1) is 11.6 Å². The molecule has 6 heteroatoms. The largest absolute Gasteiger partial charge is 0.444 e. The fourth-order valence-corrected chi connectivity index (χ4v) is 3.03. The van der Waals surface area contributed by atoms with Crippen molar-refractivity contribution < 1.29 is 18.3 Å². The summed E-state index contributed by atoms with van der Waals surface area (Å²) in [6.45, 7) is 1.59. The van der Waals surface area contributed by atoms with Gasteiger partial charge >= 0.3 is 6.09 Å². The van der Waals surface area contributed by atoms with Crippen LogP contribution in [0.25, 0.3) is 11.1 Å². The molecule has 132 valence electrons. The van der Waals surface area contributed by atoms with Gasteiger partial charge in [-0.2, -0.15) is 0 Å². The van der Waals surface area contributed by atoms with E-state index < -0.39 is 17.7 Å². The van der Waals surface area contributed by atoms with Gasteiger partial charge in [-0.15, -0.1) is 0 Å². The number of halogens is 2. The summed E-state index contributed by atoms with van der Waals surface area (Å²) in [4.78, 5) is 15.9. The highest BCUT2D eigenvalue weighted by Gasteiger charge is 2.25. The highest BCUT2D eigenvalue weighted by atomic mass is 19.1. The molecule has 1 aliphatic heterocycles. The SMILES string of the molecule is CN1CC[C@H](OC(=O)N(C)c2ccccc2-c2cc(F)cc(F)c2)C1. The number of likely N-dealkylation sites (tertiary alicyclic amines) is 1. The van der Waals surface area contributed by atoms with Crippen LogP contribution in [0.15, 0.2) is 42.5 Å². The first-order chi connectivity index (χ1) is 11.9. The Morgan fingerprint density at radius 2 is 1.88 bits per heavy atom. The van der Waals surface area contributed by atoms with Gasteiger partial charge in [-0.05, 0) is 37.2 Å². The molecule has 2 aromatic rings. The molecule has 1 amide bonds. The fourth-order valence-electron chi connectivity index (χ4n) is 3.03. The number of anilines is 1. The average molecular weight is 346 g/mol. The number of para-hydroxylation sites is 1. The van der Waals surface area contributed by atoms with E-state index in [9.17, 15) is 13.6 Å². The Morgan fingerprint density at radius 1 is 1.20 bits per heavy atom. The zero-order valence-electron chi connectivity index (χ0n) is 14.2. The molecule has 1 aliphatic rings. The minimum atomic E-state index is -0.663. The quantitative estimate of drug-likeness (QED) is 0.845. The van der Waals surface area contributed by atoms with Crippen molar-refractivity contribution in [3.8, 4) is 11.1 Å². The number of hydrogen-bond donors (Lipinski definition) is 0. The van der Waals surface area contributed by atoms with Crippen molar-refractivity contribution in [1.82, 2.24) is 4.90 Å². The second-order valence-electron chi connectivity index (χ2n) is 6.29. The van der Waals surface area contributed by atoms with Crippen molar-refractivity contribution in [2.75, 3.05) is 32.1 Å². The number of benzene rings is 2. The van der Waals surface area contributed by atoms with E-state index in [1.54, 1.807) is 31.3 Å². The minimum Gasteiger partial charge on any atom is -0.444 e. The summed E-state index contributed by atoms with van der Waals surface area (Å²) >= 11 is 0. The van der Waals surface area contributed by atoms with Gasteiger partial charge in [0.2, 0.25) is 0 Å². The van der Waals surface area contributed by atoms with Crippen molar-refractivity contribution in [3.63, 3.8) is 0 Å². The Morgan fingerprint density at radius 3 is 2.52 bits per heavy atom. The molecule has 0 unspecified atom stereocenters. The summed E-state index contributed by atoms with van der Waals surface area (Å²) < 4.78 is 32.7. The van der Waals surface area contributed by atoms with E-state index in [2.05, 4.69) is 4.90 Å². The van der Waals surface area contributed by atoms with E-state index >= 15 is 0 Å². The van der Waals surface area contributed by atoms with Gasteiger partial charge in [-0.1, -0.05) is 18.2 Å². The van der Waals surface area contributed by atoms with Crippen LogP contribution in [-0.4, -0.2) is 44.3 Å². The number of rotatable bonds is 3. The minimum absolute atomic E-state index is 0.140. The van der Waals surface area contributed by atoms with E-state index in [-0.39, 0.29) is 6.10 Å². The van der Waals surface area contributed by atoms with Crippen molar-refractivity contribution in [3.05, 3.63) is 54.1 Å². The number of carbonyl (C=O) groups is 1. The molecule has 0 saturated carbocycles. The third kappa shape index (κ3) is 3.96. The van der Waals surface area contributed by atoms with Crippen LogP contribution in [0.4, 0.5) is 19.3 Å². The molecule has 0 spiro atoms. The first-order valence-corrected chi connectivity index (χ1v) is 8.12. The lowest BCUT2D eigenvalue weighted by Crippen LogP contribution is -2.32. The van der Waals surface area contributed by atoms with Crippen LogP contribution >= 0.6 is 0 Å². The lowest BCUT2D eigenvalue weighted by molar-refractivity contribution is 0.110. The summed E-state index contributed by atoms with van der Waals surface area (Å²) in [6, 6.07) is 10.3. The van der Waals surface area contributed by atoms with Crippen LogP contribution in [0.3, 0.4) is 0 Å². The summed E-state index contributed by atoms with van der Waals surface area (Å²) in [5.74, 6) is -1.33. The Hall–Kier alpha value is -2.47. The molecule has 3 rings (SSSR count). The summed E-state index contributed by atoms with van der Waals surface area (Å²) in [7, 11) is 3.57. The van der Waals surface area contributed by atoms with Crippen LogP contribution < -0.4 is 4.90 Å². The van der Waals surface area contributed by atoms with Gasteiger partial charge in [0.1, 0.15) is 17.7 Å². The molecule has 0 aromatic heterocycles. The number of hydrogen-bond acceptors (Lipinski definition) is 3. The van der Waals surface area contributed by atoms with E-state index in [0.29, 0.717) is 23.4 Å². The molecular weight excluding hydrogens is 326 g/mol. The number of carbonyl (C=O) groups excluding carboxylic acids is 1. The molecule has 1 atom stereocenters. The van der Waals surface area contributed by atoms with E-state index in [0.717, 1.165) is 19.0 Å². The monoisotopic (exact) mass is 346 g/mol. The van der Waals surface area contributed by atoms with Gasteiger partial charge in [0.15, 0.2) is 0 Å². The number of likely N-dealkylation sites (N-methyl/N-ethyl adjacent to an activating group) is 1. The summed E-state index contributed by atoms with van der Waals surface area (Å²) in [6.07, 6.45) is 0.177. The third-order valence-electron chi connectivity index (χ3n) is 4.33. The Balaban J connectivity index is 1.85. The average Bonchev–Trinajstić information content (AvgIpc) is 2.98. The van der Waals surface area contributed by atoms with Gasteiger partial charge < -0.3 is 9.64 Å². The first kappa shape index (κ1) is 17.4. The third-order valence-corrected chi connectivity index (χ3v) is 4.33. The number of nitrogens with zero attached hydrogens (tertiary/aromatic N) is 2. The molecular formula is C19H20F2N2O2. The van der Waals surface area contributed by atoms with Crippen molar-refractivity contribution in [2.45, 2.75) is 12.5 Å². The standard InChI is InChI=1S/C19H20F2N2O2/c1-22-8-7-16(12-22)25-19(24)23(2)18-6-4-3-5-17(18)13-9-14(20)11-15(21)10-13/h3-6,9-11,16H,7-8,12H2,1-2H3/t16-/m0/s1. The van der Waals surface area contributed by atoms with Crippen molar-refractivity contribution in [1.29, 1.82) is 0 Å². The second-order valence-corrected chi connectivity index (χ2v) is 6.29. The molecule has 1 saturated heterocycles. The summed E-state index contributed by atoms with van der Waals surface area (Å²) in [5.41, 5.74) is 1.46. The normalized spacial score (nSPS) is 17.5. The molecule has 1 heterocycles. The molecule has 0 radical (unpaired) electrons. The molecule has 0 bridgehead atoms. The molecule has 1 fully saturated rings. The highest BCUT2D eigenvalue weighted by Crippen LogP contribution is 2.31. The maximum absolute atomic E-state index is 13.6. The lowest BCUT2D eigenvalue weighted by atomic mass is 10.0. The van der Waals surface area contributed by atoms with Crippen LogP contribution in [0.1, 0.15) is 6.42 Å². The second kappa shape index (κ2) is 7.19. The summed E-state index contributed by atoms with van der Waals surface area (Å²) in [5, 5.41) is 0.